The fraction of sp³-hybridized carbons (Fsp3) is 0.533. The molecule has 1 aliphatic heterocycles. The fourth-order valence-electron chi connectivity index (χ4n) is 3.03. The van der Waals surface area contributed by atoms with Gasteiger partial charge in [-0.2, -0.15) is 0 Å². The van der Waals surface area contributed by atoms with E-state index in [4.69, 9.17) is 5.73 Å². The van der Waals surface area contributed by atoms with E-state index < -0.39 is 16.9 Å². The number of nitrogens with two attached hydrogens (primary N) is 1. The van der Waals surface area contributed by atoms with Crippen molar-refractivity contribution in [2.75, 3.05) is 30.8 Å². The van der Waals surface area contributed by atoms with Gasteiger partial charge in [0.05, 0.1) is 26.1 Å². The van der Waals surface area contributed by atoms with E-state index in [1.54, 1.807) is 18.6 Å². The predicted molar refractivity (Wildman–Crippen MR) is 97.6 cm³/mol. The van der Waals surface area contributed by atoms with Gasteiger partial charge >= 0.3 is 0 Å². The highest BCUT2D eigenvalue weighted by molar-refractivity contribution is 7.82. The monoisotopic (exact) mass is 367 g/mol. The molecule has 1 fully saturated rings. The first-order valence-electron chi connectivity index (χ1n) is 7.91. The van der Waals surface area contributed by atoms with Crippen molar-refractivity contribution in [3.05, 3.63) is 17.3 Å². The van der Waals surface area contributed by atoms with Gasteiger partial charge in [-0.1, -0.05) is 0 Å². The molecule has 3 rings (SSSR count). The zero-order chi connectivity index (χ0) is 17.1. The van der Waals surface area contributed by atoms with E-state index in [1.165, 1.54) is 11.3 Å². The van der Waals surface area contributed by atoms with Crippen molar-refractivity contribution in [1.29, 1.82) is 0 Å². The van der Waals surface area contributed by atoms with Crippen LogP contribution < -0.4 is 15.4 Å². The second-order valence-corrected chi connectivity index (χ2v) is 8.20. The van der Waals surface area contributed by atoms with E-state index in [0.29, 0.717) is 10.8 Å². The number of nitrogens with one attached hydrogen (secondary N) is 1. The van der Waals surface area contributed by atoms with Crippen molar-refractivity contribution in [2.24, 2.45) is 11.7 Å². The molecule has 0 saturated carbocycles. The van der Waals surface area contributed by atoms with Gasteiger partial charge in [0, 0.05) is 25.9 Å². The number of rotatable bonds is 6. The summed E-state index contributed by atoms with van der Waals surface area (Å²) in [6.07, 6.45) is 6.40. The first-order valence-corrected chi connectivity index (χ1v) is 10.3. The normalized spacial score (nSPS) is 17.3. The number of piperidine rings is 1. The van der Waals surface area contributed by atoms with Crippen molar-refractivity contribution in [3.8, 4) is 0 Å². The maximum Gasteiger partial charge on any atom is 0.258 e. The molecule has 0 spiro atoms. The van der Waals surface area contributed by atoms with Gasteiger partial charge < -0.3 is 10.6 Å². The second kappa shape index (κ2) is 7.54. The van der Waals surface area contributed by atoms with Crippen LogP contribution in [0.1, 0.15) is 28.9 Å². The van der Waals surface area contributed by atoms with E-state index in [2.05, 4.69) is 19.6 Å². The minimum atomic E-state index is -0.938. The van der Waals surface area contributed by atoms with Gasteiger partial charge in [-0.25, -0.2) is 18.9 Å². The maximum absolute atomic E-state index is 11.4. The van der Waals surface area contributed by atoms with Crippen LogP contribution in [-0.4, -0.2) is 46.0 Å². The number of amides is 1. The molecule has 7 nitrogen and oxygen atoms in total. The molecular weight excluding hydrogens is 346 g/mol. The quantitative estimate of drug-likeness (QED) is 0.801. The molecule has 2 aromatic rings. The van der Waals surface area contributed by atoms with E-state index in [1.807, 2.05) is 0 Å². The molecule has 0 bridgehead atoms. The summed E-state index contributed by atoms with van der Waals surface area (Å²) >= 11 is 1.36. The van der Waals surface area contributed by atoms with E-state index in [9.17, 15) is 9.00 Å². The summed E-state index contributed by atoms with van der Waals surface area (Å²) in [4.78, 5) is 22.8. The van der Waals surface area contributed by atoms with Crippen molar-refractivity contribution in [2.45, 2.75) is 19.3 Å². The first-order chi connectivity index (χ1) is 11.5. The molecule has 0 aromatic carbocycles. The molecule has 1 aliphatic rings. The largest absolute Gasteiger partial charge is 0.365 e. The van der Waals surface area contributed by atoms with Crippen LogP contribution in [0.2, 0.25) is 0 Å². The Morgan fingerprint density at radius 2 is 2.21 bits per heavy atom. The summed E-state index contributed by atoms with van der Waals surface area (Å²) in [6.45, 7) is 2.64. The summed E-state index contributed by atoms with van der Waals surface area (Å²) in [5.41, 5.74) is 6.15. The first kappa shape index (κ1) is 17.2. The molecule has 3 heterocycles. The third-order valence-electron chi connectivity index (χ3n) is 4.31. The minimum Gasteiger partial charge on any atom is -0.365 e. The Bertz CT molecular complexity index is 755. The number of hydrogen-bond donors (Lipinski definition) is 2. The van der Waals surface area contributed by atoms with E-state index in [-0.39, 0.29) is 0 Å². The molecule has 3 N–H and O–H groups in total. The lowest BCUT2D eigenvalue weighted by molar-refractivity contribution is 0.100. The van der Waals surface area contributed by atoms with E-state index >= 15 is 0 Å². The highest BCUT2D eigenvalue weighted by atomic mass is 32.2. The maximum atomic E-state index is 11.4. The molecule has 0 radical (unpaired) electrons. The topological polar surface area (TPSA) is 101 Å². The number of nitrogens with zero attached hydrogens (tertiary/aromatic N) is 3. The van der Waals surface area contributed by atoms with Gasteiger partial charge in [0.15, 0.2) is 0 Å². The van der Waals surface area contributed by atoms with Gasteiger partial charge in [0.25, 0.3) is 5.91 Å². The molecule has 2 aromatic heterocycles. The lowest BCUT2D eigenvalue weighted by Crippen LogP contribution is -2.35. The van der Waals surface area contributed by atoms with Gasteiger partial charge in [-0.15, -0.1) is 11.3 Å². The number of fused-ring (bicyclic) bond motifs is 1. The number of carbonyl (C=O) groups is 1. The third-order valence-corrected chi connectivity index (χ3v) is 6.05. The molecule has 1 atom stereocenters. The lowest BCUT2D eigenvalue weighted by atomic mass is 9.94. The van der Waals surface area contributed by atoms with Gasteiger partial charge in [0.2, 0.25) is 0 Å². The summed E-state index contributed by atoms with van der Waals surface area (Å²) in [5, 5.41) is 0. The number of anilines is 1. The van der Waals surface area contributed by atoms with Crippen LogP contribution in [0.4, 0.5) is 5.82 Å². The van der Waals surface area contributed by atoms with Crippen LogP contribution in [0, 0.1) is 5.92 Å². The van der Waals surface area contributed by atoms with Crippen molar-refractivity contribution in [1.82, 2.24) is 14.7 Å². The summed E-state index contributed by atoms with van der Waals surface area (Å²) in [6, 6.07) is 1.73. The van der Waals surface area contributed by atoms with Crippen LogP contribution >= 0.6 is 11.3 Å². The zero-order valence-electron chi connectivity index (χ0n) is 13.5. The Labute approximate surface area is 147 Å². The van der Waals surface area contributed by atoms with Crippen LogP contribution in [0.15, 0.2) is 12.4 Å². The summed E-state index contributed by atoms with van der Waals surface area (Å²) < 4.78 is 14.9. The average Bonchev–Trinajstić information content (AvgIpc) is 3.00. The van der Waals surface area contributed by atoms with Gasteiger partial charge in [-0.3, -0.25) is 4.79 Å². The van der Waals surface area contributed by atoms with Gasteiger partial charge in [0.1, 0.15) is 12.1 Å². The van der Waals surface area contributed by atoms with E-state index in [0.717, 1.165) is 54.9 Å². The molecular formula is C15H21N5O2S2. The molecule has 1 saturated heterocycles. The Kier molecular flexibility index (Phi) is 5.42. The smallest absolute Gasteiger partial charge is 0.258 e. The molecule has 1 amide bonds. The van der Waals surface area contributed by atoms with Crippen molar-refractivity contribution >= 4 is 44.3 Å². The number of carbonyl (C=O) groups excluding carboxylic acids is 1. The Balaban J connectivity index is 1.67. The lowest BCUT2D eigenvalue weighted by Gasteiger charge is -2.32. The van der Waals surface area contributed by atoms with Gasteiger partial charge in [-0.05, 0) is 31.2 Å². The second-order valence-electron chi connectivity index (χ2n) is 5.95. The molecule has 9 heteroatoms. The molecule has 0 aliphatic carbocycles. The van der Waals surface area contributed by atoms with Crippen LogP contribution in [-0.2, 0) is 11.0 Å². The van der Waals surface area contributed by atoms with Crippen LogP contribution in [0.25, 0.3) is 10.2 Å². The number of hydrogen-bond acceptors (Lipinski definition) is 6. The third kappa shape index (κ3) is 3.90. The van der Waals surface area contributed by atoms with Crippen molar-refractivity contribution < 1.29 is 9.00 Å². The molecule has 1 unspecified atom stereocenters. The highest BCUT2D eigenvalue weighted by Gasteiger charge is 2.22. The fourth-order valence-corrected chi connectivity index (χ4v) is 4.41. The zero-order valence-corrected chi connectivity index (χ0v) is 15.2. The summed E-state index contributed by atoms with van der Waals surface area (Å²) in [5.74, 6) is 1.10. The number of thiophene rings is 1. The Morgan fingerprint density at radius 1 is 1.46 bits per heavy atom. The Hall–Kier alpha value is -1.58. The van der Waals surface area contributed by atoms with Crippen LogP contribution in [0.3, 0.4) is 0 Å². The van der Waals surface area contributed by atoms with Crippen LogP contribution in [0.5, 0.6) is 0 Å². The number of primary amides is 1. The predicted octanol–water partition coefficient (Wildman–Crippen LogP) is 1.28. The SMILES string of the molecule is CS(=O)NCCC1CCN(c2ncnc3cc(C(N)=O)sc23)CC1. The Morgan fingerprint density at radius 3 is 2.88 bits per heavy atom. The standard InChI is InChI=1S/C15H21N5O2S2/c1-24(22)19-5-2-10-3-6-20(7-4-10)15-13-11(17-9-18-15)8-12(23-13)14(16)21/h8-10,19H,2-7H2,1H3,(H2,16,21). The summed E-state index contributed by atoms with van der Waals surface area (Å²) in [7, 11) is -0.938. The molecule has 24 heavy (non-hydrogen) atoms. The highest BCUT2D eigenvalue weighted by Crippen LogP contribution is 2.33. The van der Waals surface area contributed by atoms with Crippen molar-refractivity contribution in [3.63, 3.8) is 0 Å². The average molecular weight is 368 g/mol. The molecule has 130 valence electrons. The number of aromatic nitrogens is 2. The minimum absolute atomic E-state index is 0.427.